The van der Waals surface area contributed by atoms with Crippen molar-refractivity contribution in [3.8, 4) is 5.75 Å². The number of aromatic amines is 1. The van der Waals surface area contributed by atoms with Gasteiger partial charge in [0.25, 0.3) is 15.6 Å². The van der Waals surface area contributed by atoms with Crippen molar-refractivity contribution in [3.05, 3.63) is 62.3 Å². The Morgan fingerprint density at radius 3 is 2.52 bits per heavy atom. The Hall–Kier alpha value is -2.78. The first kappa shape index (κ1) is 17.1. The second-order valence-corrected chi connectivity index (χ2v) is 7.32. The Balaban J connectivity index is 2.31. The molecule has 0 amide bonds. The summed E-state index contributed by atoms with van der Waals surface area (Å²) in [6, 6.07) is 7.77. The number of methoxy groups -OCH3 is 1. The predicted molar refractivity (Wildman–Crippen MR) is 93.8 cm³/mol. The highest BCUT2D eigenvalue weighted by atomic mass is 35.5. The highest BCUT2D eigenvalue weighted by molar-refractivity contribution is 7.90. The molecule has 0 unspecified atom stereocenters. The SMILES string of the molecule is COc1ccc(S(=O)(=O)n2c(=O)[nH]c3cc(Cl)ccc3c2=O)cc1N. The number of hydrogen-bond donors (Lipinski definition) is 2. The first-order valence-electron chi connectivity index (χ1n) is 6.89. The fourth-order valence-corrected chi connectivity index (χ4v) is 3.85. The van der Waals surface area contributed by atoms with E-state index >= 15 is 0 Å². The monoisotopic (exact) mass is 381 g/mol. The van der Waals surface area contributed by atoms with Crippen LogP contribution in [-0.4, -0.2) is 24.5 Å². The zero-order valence-electron chi connectivity index (χ0n) is 12.8. The van der Waals surface area contributed by atoms with Gasteiger partial charge in [-0.25, -0.2) is 13.2 Å². The van der Waals surface area contributed by atoms with Gasteiger partial charge in [0.15, 0.2) is 0 Å². The largest absolute Gasteiger partial charge is 0.495 e. The molecule has 8 nitrogen and oxygen atoms in total. The van der Waals surface area contributed by atoms with Gasteiger partial charge in [0.2, 0.25) is 0 Å². The van der Waals surface area contributed by atoms with Gasteiger partial charge in [-0.3, -0.25) is 4.79 Å². The van der Waals surface area contributed by atoms with Crippen LogP contribution in [0.25, 0.3) is 10.9 Å². The molecule has 2 aromatic carbocycles. The van der Waals surface area contributed by atoms with Crippen LogP contribution in [0.3, 0.4) is 0 Å². The third-order valence-corrected chi connectivity index (χ3v) is 5.46. The second kappa shape index (κ2) is 5.94. The number of nitrogens with two attached hydrogens (primary N) is 1. The summed E-state index contributed by atoms with van der Waals surface area (Å²) < 4.78 is 30.6. The zero-order valence-corrected chi connectivity index (χ0v) is 14.4. The Morgan fingerprint density at radius 2 is 1.88 bits per heavy atom. The van der Waals surface area contributed by atoms with E-state index in [9.17, 15) is 18.0 Å². The molecule has 1 aromatic heterocycles. The molecule has 0 aliphatic rings. The summed E-state index contributed by atoms with van der Waals surface area (Å²) in [6.45, 7) is 0. The van der Waals surface area contributed by atoms with Gasteiger partial charge < -0.3 is 15.5 Å². The number of hydrogen-bond acceptors (Lipinski definition) is 6. The van der Waals surface area contributed by atoms with Crippen molar-refractivity contribution in [3.63, 3.8) is 0 Å². The smallest absolute Gasteiger partial charge is 0.343 e. The molecule has 0 aliphatic carbocycles. The standard InChI is InChI=1S/C15H12ClN3O5S/c1-24-13-5-3-9(7-11(13)17)25(22,23)19-14(20)10-4-2-8(16)6-12(10)18-15(19)21/h2-7H,17H2,1H3,(H,18,21). The van der Waals surface area contributed by atoms with Crippen LogP contribution >= 0.6 is 11.6 Å². The molecular formula is C15H12ClN3O5S. The number of H-pyrrole nitrogens is 1. The fourth-order valence-electron chi connectivity index (χ4n) is 2.37. The van der Waals surface area contributed by atoms with Crippen LogP contribution in [0.2, 0.25) is 5.02 Å². The fraction of sp³-hybridized carbons (Fsp3) is 0.0667. The van der Waals surface area contributed by atoms with Crippen molar-refractivity contribution in [1.82, 2.24) is 8.96 Å². The first-order chi connectivity index (χ1) is 11.8. The van der Waals surface area contributed by atoms with Gasteiger partial charge in [0.1, 0.15) is 5.75 Å². The maximum atomic E-state index is 12.8. The van der Waals surface area contributed by atoms with E-state index in [4.69, 9.17) is 22.1 Å². The number of nitrogens with one attached hydrogen (secondary N) is 1. The van der Waals surface area contributed by atoms with Crippen molar-refractivity contribution in [1.29, 1.82) is 0 Å². The van der Waals surface area contributed by atoms with Crippen molar-refractivity contribution in [2.45, 2.75) is 4.90 Å². The summed E-state index contributed by atoms with van der Waals surface area (Å²) in [5.41, 5.74) is 3.83. The Labute approximate surface area is 146 Å². The molecule has 0 aliphatic heterocycles. The molecule has 3 N–H and O–H groups in total. The molecule has 10 heteroatoms. The number of rotatable bonds is 3. The highest BCUT2D eigenvalue weighted by Gasteiger charge is 2.24. The lowest BCUT2D eigenvalue weighted by Gasteiger charge is -2.10. The van der Waals surface area contributed by atoms with E-state index in [1.165, 1.54) is 37.4 Å². The molecule has 130 valence electrons. The number of halogens is 1. The van der Waals surface area contributed by atoms with Gasteiger partial charge in [-0.1, -0.05) is 11.6 Å². The van der Waals surface area contributed by atoms with E-state index in [0.29, 0.717) is 5.02 Å². The predicted octanol–water partition coefficient (Wildman–Crippen LogP) is 1.17. The summed E-state index contributed by atoms with van der Waals surface area (Å²) in [5, 5.41) is 0.306. The number of nitrogens with zero attached hydrogens (tertiary/aromatic N) is 1. The lowest BCUT2D eigenvalue weighted by atomic mass is 10.2. The van der Waals surface area contributed by atoms with E-state index in [0.717, 1.165) is 6.07 Å². The molecule has 0 saturated heterocycles. The molecular weight excluding hydrogens is 370 g/mol. The van der Waals surface area contributed by atoms with Crippen LogP contribution in [-0.2, 0) is 10.0 Å². The van der Waals surface area contributed by atoms with Crippen LogP contribution in [0.4, 0.5) is 5.69 Å². The minimum absolute atomic E-state index is 0.00839. The number of fused-ring (bicyclic) bond motifs is 1. The summed E-state index contributed by atoms with van der Waals surface area (Å²) in [7, 11) is -3.08. The van der Waals surface area contributed by atoms with Gasteiger partial charge in [0, 0.05) is 5.02 Å². The van der Waals surface area contributed by atoms with Gasteiger partial charge in [-0.15, -0.1) is 3.97 Å². The van der Waals surface area contributed by atoms with Gasteiger partial charge in [-0.2, -0.15) is 0 Å². The lowest BCUT2D eigenvalue weighted by molar-refractivity contribution is 0.416. The van der Waals surface area contributed by atoms with Gasteiger partial charge in [-0.05, 0) is 36.4 Å². The number of ether oxygens (including phenoxy) is 1. The van der Waals surface area contributed by atoms with Gasteiger partial charge >= 0.3 is 5.69 Å². The molecule has 0 bridgehead atoms. The molecule has 3 aromatic rings. The molecule has 0 radical (unpaired) electrons. The number of anilines is 1. The molecule has 3 rings (SSSR count). The van der Waals surface area contributed by atoms with E-state index in [-0.39, 0.29) is 31.2 Å². The highest BCUT2D eigenvalue weighted by Crippen LogP contribution is 2.25. The second-order valence-electron chi connectivity index (χ2n) is 5.10. The average molecular weight is 382 g/mol. The summed E-state index contributed by atoms with van der Waals surface area (Å²) in [5.74, 6) is 0.272. The van der Waals surface area contributed by atoms with E-state index in [1.54, 1.807) is 0 Å². The minimum Gasteiger partial charge on any atom is -0.495 e. The molecule has 0 saturated carbocycles. The van der Waals surface area contributed by atoms with E-state index in [1.807, 2.05) is 0 Å². The summed E-state index contributed by atoms with van der Waals surface area (Å²) in [4.78, 5) is 26.8. The van der Waals surface area contributed by atoms with Gasteiger partial charge in [0.05, 0.1) is 28.6 Å². The quantitative estimate of drug-likeness (QED) is 0.656. The Bertz CT molecular complexity index is 1210. The average Bonchev–Trinajstić information content (AvgIpc) is 2.54. The normalized spacial score (nSPS) is 11.6. The van der Waals surface area contributed by atoms with Crippen molar-refractivity contribution >= 4 is 38.2 Å². The molecule has 0 atom stereocenters. The maximum absolute atomic E-state index is 12.8. The van der Waals surface area contributed by atoms with Crippen LogP contribution < -0.4 is 21.7 Å². The lowest BCUT2D eigenvalue weighted by Crippen LogP contribution is -2.40. The Morgan fingerprint density at radius 1 is 1.16 bits per heavy atom. The number of aromatic nitrogens is 2. The minimum atomic E-state index is -4.46. The Kier molecular flexibility index (Phi) is 4.05. The molecule has 25 heavy (non-hydrogen) atoms. The van der Waals surface area contributed by atoms with Crippen molar-refractivity contribution in [2.75, 3.05) is 12.8 Å². The molecule has 0 spiro atoms. The number of benzene rings is 2. The summed E-state index contributed by atoms with van der Waals surface area (Å²) in [6.07, 6.45) is 0. The third kappa shape index (κ3) is 2.77. The molecule has 1 heterocycles. The summed E-state index contributed by atoms with van der Waals surface area (Å²) >= 11 is 5.82. The van der Waals surface area contributed by atoms with Crippen LogP contribution in [0, 0.1) is 0 Å². The van der Waals surface area contributed by atoms with E-state index < -0.39 is 21.3 Å². The van der Waals surface area contributed by atoms with E-state index in [2.05, 4.69) is 4.98 Å². The zero-order chi connectivity index (χ0) is 18.4. The third-order valence-electron chi connectivity index (χ3n) is 3.56. The molecule has 0 fully saturated rings. The first-order valence-corrected chi connectivity index (χ1v) is 8.71. The van der Waals surface area contributed by atoms with Crippen LogP contribution in [0.1, 0.15) is 0 Å². The van der Waals surface area contributed by atoms with Crippen LogP contribution in [0.5, 0.6) is 5.75 Å². The number of nitrogen functional groups attached to an aromatic ring is 1. The topological polar surface area (TPSA) is 124 Å². The maximum Gasteiger partial charge on any atom is 0.343 e. The van der Waals surface area contributed by atoms with Crippen LogP contribution in [0.15, 0.2) is 50.9 Å². The van der Waals surface area contributed by atoms with Crippen molar-refractivity contribution in [2.24, 2.45) is 0 Å². The van der Waals surface area contributed by atoms with Crippen molar-refractivity contribution < 1.29 is 13.2 Å².